The second kappa shape index (κ2) is 8.61. The Morgan fingerprint density at radius 3 is 2.64 bits per heavy atom. The summed E-state index contributed by atoms with van der Waals surface area (Å²) in [5.74, 6) is -0.383. The zero-order chi connectivity index (χ0) is 20.1. The van der Waals surface area contributed by atoms with Crippen molar-refractivity contribution in [1.29, 1.82) is 5.26 Å². The molecule has 1 heterocycles. The molecule has 28 heavy (non-hydrogen) atoms. The monoisotopic (exact) mass is 418 g/mol. The molecule has 2 aromatic rings. The van der Waals surface area contributed by atoms with Crippen molar-refractivity contribution in [3.05, 3.63) is 53.1 Å². The van der Waals surface area contributed by atoms with Crippen molar-refractivity contribution in [1.82, 2.24) is 4.31 Å². The lowest BCUT2D eigenvalue weighted by atomic mass is 10.2. The number of nitrogens with one attached hydrogen (secondary N) is 2. The van der Waals surface area contributed by atoms with E-state index in [1.54, 1.807) is 24.3 Å². The lowest BCUT2D eigenvalue weighted by Gasteiger charge is -2.16. The third-order valence-electron chi connectivity index (χ3n) is 4.37. The molecule has 0 bridgehead atoms. The van der Waals surface area contributed by atoms with Gasteiger partial charge in [-0.3, -0.25) is 4.79 Å². The van der Waals surface area contributed by atoms with E-state index in [0.717, 1.165) is 12.8 Å². The van der Waals surface area contributed by atoms with Crippen LogP contribution in [0.2, 0.25) is 5.02 Å². The van der Waals surface area contributed by atoms with Crippen LogP contribution in [0.25, 0.3) is 0 Å². The van der Waals surface area contributed by atoms with Crippen LogP contribution >= 0.6 is 11.6 Å². The lowest BCUT2D eigenvalue weighted by molar-refractivity contribution is -0.114. The van der Waals surface area contributed by atoms with Crippen molar-refractivity contribution in [2.75, 3.05) is 30.3 Å². The predicted molar refractivity (Wildman–Crippen MR) is 108 cm³/mol. The minimum Gasteiger partial charge on any atom is -0.376 e. The first-order chi connectivity index (χ1) is 13.4. The summed E-state index contributed by atoms with van der Waals surface area (Å²) in [6.07, 6.45) is 1.73. The van der Waals surface area contributed by atoms with Crippen LogP contribution in [-0.4, -0.2) is 38.3 Å². The third kappa shape index (κ3) is 4.62. The number of carbonyl (C=O) groups is 1. The van der Waals surface area contributed by atoms with Crippen molar-refractivity contribution in [3.63, 3.8) is 0 Å². The summed E-state index contributed by atoms with van der Waals surface area (Å²) in [5.41, 5.74) is 1.14. The van der Waals surface area contributed by atoms with Crippen LogP contribution in [0.1, 0.15) is 18.4 Å². The van der Waals surface area contributed by atoms with E-state index < -0.39 is 10.0 Å². The number of amides is 1. The van der Waals surface area contributed by atoms with Crippen LogP contribution in [0.15, 0.2) is 47.4 Å². The highest BCUT2D eigenvalue weighted by atomic mass is 35.5. The molecule has 3 rings (SSSR count). The van der Waals surface area contributed by atoms with Crippen molar-refractivity contribution < 1.29 is 13.2 Å². The number of sulfonamides is 1. The minimum atomic E-state index is -3.52. The maximum Gasteiger partial charge on any atom is 0.243 e. The van der Waals surface area contributed by atoms with Gasteiger partial charge in [0.05, 0.1) is 22.7 Å². The molecule has 9 heteroatoms. The number of hydrogen-bond acceptors (Lipinski definition) is 5. The van der Waals surface area contributed by atoms with Crippen LogP contribution in [0.4, 0.5) is 11.4 Å². The number of hydrogen-bond donors (Lipinski definition) is 2. The van der Waals surface area contributed by atoms with Gasteiger partial charge in [0.1, 0.15) is 6.07 Å². The third-order valence-corrected chi connectivity index (χ3v) is 6.50. The topological polar surface area (TPSA) is 102 Å². The highest BCUT2D eigenvalue weighted by Gasteiger charge is 2.27. The Morgan fingerprint density at radius 2 is 1.93 bits per heavy atom. The van der Waals surface area contributed by atoms with E-state index in [0.29, 0.717) is 35.1 Å². The van der Waals surface area contributed by atoms with Gasteiger partial charge >= 0.3 is 0 Å². The standard InChI is InChI=1S/C19H19ClN4O3S/c20-15-7-6-14(12-21)18(10-15)23-19(25)13-22-16-4-3-5-17(11-16)28(26,27)24-8-1-2-9-24/h3-7,10-11,22H,1-2,8-9,13H2,(H,23,25). The molecule has 0 unspecified atom stereocenters. The Bertz CT molecular complexity index is 1030. The zero-order valence-corrected chi connectivity index (χ0v) is 16.6. The molecule has 1 aliphatic heterocycles. The number of nitriles is 1. The van der Waals surface area contributed by atoms with E-state index in [9.17, 15) is 13.2 Å². The second-order valence-electron chi connectivity index (χ2n) is 6.34. The van der Waals surface area contributed by atoms with E-state index in [1.165, 1.54) is 22.5 Å². The van der Waals surface area contributed by atoms with Crippen molar-refractivity contribution in [3.8, 4) is 6.07 Å². The van der Waals surface area contributed by atoms with Crippen LogP contribution in [-0.2, 0) is 14.8 Å². The number of carbonyl (C=O) groups excluding carboxylic acids is 1. The van der Waals surface area contributed by atoms with E-state index in [-0.39, 0.29) is 17.3 Å². The zero-order valence-electron chi connectivity index (χ0n) is 15.0. The molecule has 0 aliphatic carbocycles. The Hall–Kier alpha value is -2.60. The van der Waals surface area contributed by atoms with Gasteiger partial charge in [-0.2, -0.15) is 9.57 Å². The van der Waals surface area contributed by atoms with Crippen LogP contribution in [0.3, 0.4) is 0 Å². The summed E-state index contributed by atoms with van der Waals surface area (Å²) < 4.78 is 26.8. The summed E-state index contributed by atoms with van der Waals surface area (Å²) >= 11 is 5.91. The second-order valence-corrected chi connectivity index (χ2v) is 8.72. The smallest absolute Gasteiger partial charge is 0.243 e. The van der Waals surface area contributed by atoms with Gasteiger partial charge in [-0.15, -0.1) is 0 Å². The Morgan fingerprint density at radius 1 is 1.18 bits per heavy atom. The minimum absolute atomic E-state index is 0.0927. The van der Waals surface area contributed by atoms with Gasteiger partial charge in [-0.05, 0) is 49.2 Å². The largest absolute Gasteiger partial charge is 0.376 e. The van der Waals surface area contributed by atoms with Crippen molar-refractivity contribution >= 4 is 38.9 Å². The molecule has 0 atom stereocenters. The fraction of sp³-hybridized carbons (Fsp3) is 0.263. The quantitative estimate of drug-likeness (QED) is 0.750. The molecule has 146 valence electrons. The average molecular weight is 419 g/mol. The Balaban J connectivity index is 1.66. The van der Waals surface area contributed by atoms with Crippen LogP contribution < -0.4 is 10.6 Å². The van der Waals surface area contributed by atoms with E-state index >= 15 is 0 Å². The first kappa shape index (κ1) is 20.1. The van der Waals surface area contributed by atoms with Crippen LogP contribution in [0, 0.1) is 11.3 Å². The predicted octanol–water partition coefficient (Wildman–Crippen LogP) is 3.05. The highest BCUT2D eigenvalue weighted by molar-refractivity contribution is 7.89. The molecule has 0 saturated carbocycles. The van der Waals surface area contributed by atoms with Gasteiger partial charge < -0.3 is 10.6 Å². The summed E-state index contributed by atoms with van der Waals surface area (Å²) in [4.78, 5) is 12.4. The van der Waals surface area contributed by atoms with Crippen LogP contribution in [0.5, 0.6) is 0 Å². The van der Waals surface area contributed by atoms with Gasteiger partial charge in [0, 0.05) is 23.8 Å². The number of benzene rings is 2. The summed E-state index contributed by atoms with van der Waals surface area (Å²) in [7, 11) is -3.52. The van der Waals surface area contributed by atoms with Crippen molar-refractivity contribution in [2.24, 2.45) is 0 Å². The Kier molecular flexibility index (Phi) is 6.19. The SMILES string of the molecule is N#Cc1ccc(Cl)cc1NC(=O)CNc1cccc(S(=O)(=O)N2CCCC2)c1. The van der Waals surface area contributed by atoms with E-state index in [1.807, 2.05) is 6.07 Å². The molecule has 0 radical (unpaired) electrons. The summed E-state index contributed by atoms with van der Waals surface area (Å²) in [6.45, 7) is 0.969. The molecule has 2 N–H and O–H groups in total. The van der Waals surface area contributed by atoms with E-state index in [4.69, 9.17) is 16.9 Å². The molecule has 1 saturated heterocycles. The fourth-order valence-electron chi connectivity index (χ4n) is 2.94. The number of halogens is 1. The van der Waals surface area contributed by atoms with Gasteiger partial charge in [-0.25, -0.2) is 8.42 Å². The number of rotatable bonds is 6. The van der Waals surface area contributed by atoms with Gasteiger partial charge in [0.15, 0.2) is 0 Å². The first-order valence-corrected chi connectivity index (χ1v) is 10.6. The number of anilines is 2. The molecule has 7 nitrogen and oxygen atoms in total. The van der Waals surface area contributed by atoms with Gasteiger partial charge in [0.2, 0.25) is 15.9 Å². The lowest BCUT2D eigenvalue weighted by Crippen LogP contribution is -2.28. The van der Waals surface area contributed by atoms with Gasteiger partial charge in [0.25, 0.3) is 0 Å². The normalized spacial score (nSPS) is 14.4. The molecular weight excluding hydrogens is 400 g/mol. The Labute approximate surface area is 169 Å². The summed E-state index contributed by atoms with van der Waals surface area (Å²) in [5, 5.41) is 15.0. The summed E-state index contributed by atoms with van der Waals surface area (Å²) in [6, 6.07) is 13.0. The molecule has 2 aromatic carbocycles. The van der Waals surface area contributed by atoms with Crippen molar-refractivity contribution in [2.45, 2.75) is 17.7 Å². The number of nitrogens with zero attached hydrogens (tertiary/aromatic N) is 2. The fourth-order valence-corrected chi connectivity index (χ4v) is 4.67. The van der Waals surface area contributed by atoms with E-state index in [2.05, 4.69) is 10.6 Å². The maximum atomic E-state index is 12.6. The molecule has 0 aromatic heterocycles. The van der Waals surface area contributed by atoms with Gasteiger partial charge in [-0.1, -0.05) is 17.7 Å². The first-order valence-electron chi connectivity index (χ1n) is 8.74. The molecule has 0 spiro atoms. The molecular formula is C19H19ClN4O3S. The molecule has 1 fully saturated rings. The molecule has 1 aliphatic rings. The maximum absolute atomic E-state index is 12.6. The average Bonchev–Trinajstić information content (AvgIpc) is 3.22. The molecule has 1 amide bonds. The highest BCUT2D eigenvalue weighted by Crippen LogP contribution is 2.23.